The Morgan fingerprint density at radius 2 is 2.00 bits per heavy atom. The summed E-state index contributed by atoms with van der Waals surface area (Å²) in [4.78, 5) is 36.8. The number of hydrazone groups is 1. The minimum Gasteiger partial charge on any atom is -0.299 e. The van der Waals surface area contributed by atoms with Gasteiger partial charge in [0.1, 0.15) is 5.69 Å². The molecule has 1 aromatic heterocycles. The van der Waals surface area contributed by atoms with Gasteiger partial charge in [-0.05, 0) is 36.0 Å². The average Bonchev–Trinajstić information content (AvgIpc) is 3.00. The fourth-order valence-electron chi connectivity index (χ4n) is 2.07. The molecule has 2 N–H and O–H groups in total. The van der Waals surface area contributed by atoms with Crippen LogP contribution >= 0.6 is 11.8 Å². The molecule has 1 aliphatic rings. The summed E-state index contributed by atoms with van der Waals surface area (Å²) in [6.07, 6.45) is 3.17. The van der Waals surface area contributed by atoms with E-state index in [2.05, 4.69) is 20.8 Å². The first-order valence-electron chi connectivity index (χ1n) is 7.32. The number of thioether (sulfide) groups is 1. The number of pyridine rings is 1. The molecule has 1 saturated heterocycles. The van der Waals surface area contributed by atoms with Gasteiger partial charge in [0.2, 0.25) is 0 Å². The molecule has 1 amide bonds. The molecule has 3 rings (SSSR count). The first-order chi connectivity index (χ1) is 12.9. The maximum atomic E-state index is 12.0. The molecule has 11 nitrogen and oxygen atoms in total. The summed E-state index contributed by atoms with van der Waals surface area (Å²) in [6, 6.07) is 8.37. The Kier molecular flexibility index (Phi) is 5.08. The predicted octanol–water partition coefficient (Wildman–Crippen LogP) is 2.49. The number of amidine groups is 1. The van der Waals surface area contributed by atoms with Gasteiger partial charge < -0.3 is 0 Å². The van der Waals surface area contributed by atoms with Crippen LogP contribution in [0.2, 0.25) is 0 Å². The third kappa shape index (κ3) is 4.24. The number of carbonyl (C=O) groups excluding carboxylic acids is 1. The molecule has 1 fully saturated rings. The van der Waals surface area contributed by atoms with E-state index in [1.807, 2.05) is 0 Å². The molecule has 136 valence electrons. The highest BCUT2D eigenvalue weighted by Gasteiger charge is 2.25. The fraction of sp³-hybridized carbons (Fsp3) is 0. The number of non-ortho nitro benzene ring substituents is 1. The molecular formula is C15H10N6O5S. The molecule has 0 atom stereocenters. The number of hydrogen-bond acceptors (Lipinski definition) is 9. The number of hydrogen-bond donors (Lipinski definition) is 2. The topological polar surface area (TPSA) is 153 Å². The van der Waals surface area contributed by atoms with Gasteiger partial charge in [0.25, 0.3) is 11.6 Å². The minimum atomic E-state index is -0.762. The molecule has 0 spiro atoms. The second-order valence-corrected chi connectivity index (χ2v) is 6.09. The van der Waals surface area contributed by atoms with Gasteiger partial charge in [-0.15, -0.1) is 5.10 Å². The largest absolute Gasteiger partial charge is 0.301 e. The van der Waals surface area contributed by atoms with Crippen LogP contribution in [0.1, 0.15) is 5.69 Å². The van der Waals surface area contributed by atoms with Crippen LogP contribution in [0.25, 0.3) is 6.08 Å². The molecule has 0 saturated carbocycles. The van der Waals surface area contributed by atoms with Crippen molar-refractivity contribution in [1.82, 2.24) is 10.3 Å². The molecule has 0 unspecified atom stereocenters. The zero-order chi connectivity index (χ0) is 19.4. The van der Waals surface area contributed by atoms with Crippen molar-refractivity contribution < 1.29 is 14.6 Å². The molecule has 1 aliphatic heterocycles. The second-order valence-electron chi connectivity index (χ2n) is 5.06. The van der Waals surface area contributed by atoms with Crippen LogP contribution in [0.3, 0.4) is 0 Å². The highest BCUT2D eigenvalue weighted by Crippen LogP contribution is 2.30. The lowest BCUT2D eigenvalue weighted by molar-refractivity contribution is -0.393. The average molecular weight is 386 g/mol. The van der Waals surface area contributed by atoms with Crippen LogP contribution in [0, 0.1) is 20.2 Å². The van der Waals surface area contributed by atoms with Gasteiger partial charge in [0.15, 0.2) is 5.17 Å². The van der Waals surface area contributed by atoms with Crippen molar-refractivity contribution in [2.75, 3.05) is 5.43 Å². The summed E-state index contributed by atoms with van der Waals surface area (Å²) in [5.74, 6) is -0.385. The molecule has 12 heteroatoms. The Bertz CT molecular complexity index is 991. The summed E-state index contributed by atoms with van der Waals surface area (Å²) < 4.78 is 0. The highest BCUT2D eigenvalue weighted by molar-refractivity contribution is 8.18. The smallest absolute Gasteiger partial charge is 0.299 e. The van der Waals surface area contributed by atoms with Crippen molar-refractivity contribution in [3.63, 3.8) is 0 Å². The van der Waals surface area contributed by atoms with Gasteiger partial charge in [0, 0.05) is 12.3 Å². The maximum Gasteiger partial charge on any atom is 0.301 e. The monoisotopic (exact) mass is 386 g/mol. The molecule has 0 aliphatic carbocycles. The molecule has 0 radical (unpaired) electrons. The van der Waals surface area contributed by atoms with Crippen LogP contribution in [0.5, 0.6) is 0 Å². The number of nitrogens with zero attached hydrogens (tertiary/aromatic N) is 4. The normalized spacial score (nSPS) is 16.4. The molecule has 0 bridgehead atoms. The van der Waals surface area contributed by atoms with Gasteiger partial charge in [-0.1, -0.05) is 6.07 Å². The Hall–Kier alpha value is -3.80. The Balaban J connectivity index is 1.79. The van der Waals surface area contributed by atoms with Crippen molar-refractivity contribution >= 4 is 46.0 Å². The van der Waals surface area contributed by atoms with E-state index < -0.39 is 21.2 Å². The van der Waals surface area contributed by atoms with E-state index in [0.29, 0.717) is 10.6 Å². The quantitative estimate of drug-likeness (QED) is 0.451. The number of anilines is 1. The van der Waals surface area contributed by atoms with E-state index >= 15 is 0 Å². The van der Waals surface area contributed by atoms with E-state index in [0.717, 1.165) is 23.9 Å². The molecule has 1 aromatic carbocycles. The van der Waals surface area contributed by atoms with Gasteiger partial charge in [0.05, 0.1) is 26.5 Å². The number of nitro benzene ring substituents is 2. The SMILES string of the molecule is O=C1N/C(=N\Nc2ccc([N+](=O)[O-])cc2[N+](=O)[O-])S/C1=C/c1ccccn1. The van der Waals surface area contributed by atoms with E-state index in [4.69, 9.17) is 0 Å². The molecular weight excluding hydrogens is 376 g/mol. The lowest BCUT2D eigenvalue weighted by Gasteiger charge is -2.02. The summed E-state index contributed by atoms with van der Waals surface area (Å²) in [5, 5.41) is 28.5. The number of nitro groups is 2. The molecule has 2 aromatic rings. The lowest BCUT2D eigenvalue weighted by atomic mass is 10.2. The molecule has 2 heterocycles. The van der Waals surface area contributed by atoms with Crippen LogP contribution < -0.4 is 10.7 Å². The third-order valence-electron chi connectivity index (χ3n) is 3.28. The summed E-state index contributed by atoms with van der Waals surface area (Å²) >= 11 is 1.03. The Morgan fingerprint density at radius 1 is 1.19 bits per heavy atom. The lowest BCUT2D eigenvalue weighted by Crippen LogP contribution is -2.20. The standard InChI is InChI=1S/C15H10N6O5S/c22-14-13(7-9-3-1-2-6-16-9)27-15(17-14)19-18-11-5-4-10(20(23)24)8-12(11)21(25)26/h1-8,18H,(H,17,19,22)/b13-7+. The van der Waals surface area contributed by atoms with Crippen molar-refractivity contribution in [2.45, 2.75) is 0 Å². The van der Waals surface area contributed by atoms with Crippen molar-refractivity contribution in [2.24, 2.45) is 5.10 Å². The number of carbonyl (C=O) groups is 1. The fourth-order valence-corrected chi connectivity index (χ4v) is 2.83. The van der Waals surface area contributed by atoms with Crippen molar-refractivity contribution in [3.8, 4) is 0 Å². The third-order valence-corrected chi connectivity index (χ3v) is 4.19. The van der Waals surface area contributed by atoms with Gasteiger partial charge in [-0.3, -0.25) is 40.7 Å². The van der Waals surface area contributed by atoms with E-state index in [-0.39, 0.29) is 16.8 Å². The predicted molar refractivity (Wildman–Crippen MR) is 98.8 cm³/mol. The van der Waals surface area contributed by atoms with Crippen LogP contribution in [0.15, 0.2) is 52.6 Å². The number of nitrogens with one attached hydrogen (secondary N) is 2. The van der Waals surface area contributed by atoms with Crippen molar-refractivity contribution in [3.05, 3.63) is 73.4 Å². The first-order valence-corrected chi connectivity index (χ1v) is 8.14. The highest BCUT2D eigenvalue weighted by atomic mass is 32.2. The molecule has 27 heavy (non-hydrogen) atoms. The number of rotatable bonds is 5. The van der Waals surface area contributed by atoms with Gasteiger partial charge in [-0.2, -0.15) is 0 Å². The van der Waals surface area contributed by atoms with E-state index in [1.54, 1.807) is 30.5 Å². The first kappa shape index (κ1) is 18.0. The zero-order valence-electron chi connectivity index (χ0n) is 13.4. The summed E-state index contributed by atoms with van der Waals surface area (Å²) in [6.45, 7) is 0. The zero-order valence-corrected chi connectivity index (χ0v) is 14.2. The maximum absolute atomic E-state index is 12.0. The Labute approximate surface area is 155 Å². The van der Waals surface area contributed by atoms with Crippen LogP contribution in [-0.2, 0) is 4.79 Å². The number of amides is 1. The van der Waals surface area contributed by atoms with Crippen molar-refractivity contribution in [1.29, 1.82) is 0 Å². The summed E-state index contributed by atoms with van der Waals surface area (Å²) in [7, 11) is 0. The van der Waals surface area contributed by atoms with E-state index in [1.165, 1.54) is 6.07 Å². The number of aromatic nitrogens is 1. The minimum absolute atomic E-state index is 0.0462. The van der Waals surface area contributed by atoms with Gasteiger partial charge in [-0.25, -0.2) is 0 Å². The van der Waals surface area contributed by atoms with Crippen LogP contribution in [0.4, 0.5) is 17.1 Å². The van der Waals surface area contributed by atoms with Gasteiger partial charge >= 0.3 is 5.69 Å². The summed E-state index contributed by atoms with van der Waals surface area (Å²) in [5.41, 5.74) is 2.08. The Morgan fingerprint density at radius 3 is 2.67 bits per heavy atom. The van der Waals surface area contributed by atoms with Crippen LogP contribution in [-0.4, -0.2) is 25.9 Å². The number of benzene rings is 1. The van der Waals surface area contributed by atoms with E-state index in [9.17, 15) is 25.0 Å². The second kappa shape index (κ2) is 7.61.